The summed E-state index contributed by atoms with van der Waals surface area (Å²) in [7, 11) is 0. The maximum atomic E-state index is 14.6. The van der Waals surface area contributed by atoms with Crippen LogP contribution in [-0.4, -0.2) is 62.1 Å². The van der Waals surface area contributed by atoms with Crippen LogP contribution in [0.5, 0.6) is 5.75 Å². The van der Waals surface area contributed by atoms with E-state index in [4.69, 9.17) is 9.47 Å². The fourth-order valence-corrected chi connectivity index (χ4v) is 4.53. The normalized spacial score (nSPS) is 20.6. The van der Waals surface area contributed by atoms with Crippen molar-refractivity contribution in [3.05, 3.63) is 70.5 Å². The van der Waals surface area contributed by atoms with Crippen molar-refractivity contribution in [3.63, 3.8) is 0 Å². The van der Waals surface area contributed by atoms with Gasteiger partial charge in [0.05, 0.1) is 38.4 Å². The summed E-state index contributed by atoms with van der Waals surface area (Å²) < 4.78 is 25.5. The summed E-state index contributed by atoms with van der Waals surface area (Å²) in [5.41, 5.74) is 1.56. The summed E-state index contributed by atoms with van der Waals surface area (Å²) in [4.78, 5) is 29.0. The smallest absolute Gasteiger partial charge is 0.295 e. The van der Waals surface area contributed by atoms with Gasteiger partial charge in [0.2, 0.25) is 5.78 Å². The van der Waals surface area contributed by atoms with Crippen LogP contribution in [0.4, 0.5) is 4.39 Å². The van der Waals surface area contributed by atoms with Gasteiger partial charge < -0.3 is 24.4 Å². The number of likely N-dealkylation sites (tertiary alicyclic amines) is 1. The number of aryl methyl sites for hydroxylation is 1. The van der Waals surface area contributed by atoms with Gasteiger partial charge in [-0.1, -0.05) is 41.7 Å². The number of halogens is 1. The molecule has 0 radical (unpaired) electrons. The third-order valence-electron chi connectivity index (χ3n) is 6.39. The summed E-state index contributed by atoms with van der Waals surface area (Å²) >= 11 is 0. The summed E-state index contributed by atoms with van der Waals surface area (Å²) in [5.74, 6) is -2.85. The van der Waals surface area contributed by atoms with Crippen molar-refractivity contribution in [1.82, 2.24) is 4.90 Å². The molecule has 1 unspecified atom stereocenters. The number of rotatable bonds is 7. The quantitative estimate of drug-likeness (QED) is 0.363. The van der Waals surface area contributed by atoms with Crippen LogP contribution >= 0.6 is 0 Å². The lowest BCUT2D eigenvalue weighted by Crippen LogP contribution is -3.14. The number of nitrogens with one attached hydrogen (secondary N) is 1. The average Bonchev–Trinajstić information content (AvgIpc) is 3.09. The minimum Gasteiger partial charge on any atom is -0.872 e. The molecular formula is C27H31FN2O5. The molecule has 2 fully saturated rings. The Balaban J connectivity index is 1.72. The third kappa shape index (κ3) is 5.39. The number of morpholine rings is 1. The fraction of sp³-hybridized carbons (Fsp3) is 0.407. The second kappa shape index (κ2) is 10.6. The van der Waals surface area contributed by atoms with Crippen molar-refractivity contribution in [2.75, 3.05) is 39.4 Å². The van der Waals surface area contributed by atoms with Crippen LogP contribution < -0.4 is 14.7 Å². The largest absolute Gasteiger partial charge is 0.872 e. The molecule has 2 aromatic rings. The van der Waals surface area contributed by atoms with Crippen LogP contribution in [0, 0.1) is 12.7 Å². The molecule has 0 aromatic heterocycles. The van der Waals surface area contributed by atoms with Gasteiger partial charge in [-0.3, -0.25) is 9.59 Å². The molecule has 186 valence electrons. The van der Waals surface area contributed by atoms with Gasteiger partial charge >= 0.3 is 0 Å². The van der Waals surface area contributed by atoms with E-state index in [1.165, 1.54) is 21.9 Å². The Morgan fingerprint density at radius 1 is 1.17 bits per heavy atom. The zero-order valence-corrected chi connectivity index (χ0v) is 20.3. The number of nitrogens with zero attached hydrogens (tertiary/aromatic N) is 1. The van der Waals surface area contributed by atoms with Gasteiger partial charge in [0.15, 0.2) is 11.6 Å². The van der Waals surface area contributed by atoms with Crippen molar-refractivity contribution in [2.45, 2.75) is 32.9 Å². The molecule has 35 heavy (non-hydrogen) atoms. The number of Topliss-reactive ketones (excluding diaryl/α,β-unsaturated/α-hetero) is 1. The molecule has 2 aliphatic heterocycles. The molecule has 0 saturated carbocycles. The molecule has 2 heterocycles. The Kier molecular flexibility index (Phi) is 7.52. The number of quaternary nitrogens is 1. The van der Waals surface area contributed by atoms with Gasteiger partial charge in [-0.05, 0) is 44.0 Å². The van der Waals surface area contributed by atoms with Crippen LogP contribution in [-0.2, 0) is 14.3 Å². The average molecular weight is 483 g/mol. The molecule has 8 heteroatoms. The van der Waals surface area contributed by atoms with Crippen molar-refractivity contribution >= 4 is 17.4 Å². The first kappa shape index (κ1) is 24.9. The monoisotopic (exact) mass is 482 g/mol. The van der Waals surface area contributed by atoms with Crippen LogP contribution in [0.2, 0.25) is 0 Å². The fourth-order valence-electron chi connectivity index (χ4n) is 4.53. The molecule has 0 bridgehead atoms. The van der Waals surface area contributed by atoms with E-state index >= 15 is 0 Å². The number of benzene rings is 2. The highest BCUT2D eigenvalue weighted by molar-refractivity contribution is 6.46. The number of carbonyl (C=O) groups excluding carboxylic acids is 2. The molecule has 2 saturated heterocycles. The summed E-state index contributed by atoms with van der Waals surface area (Å²) in [6.45, 7) is 9.41. The number of hydrogen-bond donors (Lipinski definition) is 1. The molecule has 7 nitrogen and oxygen atoms in total. The highest BCUT2D eigenvalue weighted by Gasteiger charge is 2.44. The topological polar surface area (TPSA) is 83.3 Å². The van der Waals surface area contributed by atoms with Crippen molar-refractivity contribution in [1.29, 1.82) is 0 Å². The first-order chi connectivity index (χ1) is 16.8. The molecule has 2 aliphatic rings. The van der Waals surface area contributed by atoms with Crippen LogP contribution in [0.3, 0.4) is 0 Å². The highest BCUT2D eigenvalue weighted by atomic mass is 19.1. The second-order valence-electron chi connectivity index (χ2n) is 9.31. The standard InChI is InChI=1S/C27H31FN2O5/c1-17(2)35-22-9-8-20(16-21(22)28)25(31)23-24(19-6-4-18(3)5-7-19)30(27(33)26(23)32)11-10-29-12-14-34-15-13-29/h4-9,16-17,24,31H,10-15H2,1-3H3/b25-23+. The first-order valence-corrected chi connectivity index (χ1v) is 12.0. The minimum absolute atomic E-state index is 0.00696. The molecule has 1 N–H and O–H groups in total. The number of amides is 1. The van der Waals surface area contributed by atoms with E-state index in [1.54, 1.807) is 13.8 Å². The zero-order valence-electron chi connectivity index (χ0n) is 20.3. The van der Waals surface area contributed by atoms with Gasteiger partial charge in [0.1, 0.15) is 13.1 Å². The van der Waals surface area contributed by atoms with E-state index < -0.39 is 29.3 Å². The van der Waals surface area contributed by atoms with Gasteiger partial charge in [-0.2, -0.15) is 0 Å². The van der Waals surface area contributed by atoms with Crippen LogP contribution in [0.1, 0.15) is 36.6 Å². The van der Waals surface area contributed by atoms with E-state index in [9.17, 15) is 19.1 Å². The summed E-state index contributed by atoms with van der Waals surface area (Å²) in [6.07, 6.45) is -0.234. The lowest BCUT2D eigenvalue weighted by atomic mass is 9.94. The first-order valence-electron chi connectivity index (χ1n) is 12.0. The van der Waals surface area contributed by atoms with E-state index in [2.05, 4.69) is 0 Å². The van der Waals surface area contributed by atoms with E-state index in [0.29, 0.717) is 31.9 Å². The Morgan fingerprint density at radius 2 is 1.86 bits per heavy atom. The van der Waals surface area contributed by atoms with Crippen molar-refractivity contribution in [3.8, 4) is 5.75 Å². The Hall–Kier alpha value is -3.23. The molecule has 2 aromatic carbocycles. The van der Waals surface area contributed by atoms with Gasteiger partial charge in [-0.15, -0.1) is 0 Å². The van der Waals surface area contributed by atoms with Crippen LogP contribution in [0.15, 0.2) is 48.0 Å². The Bertz CT molecular complexity index is 1120. The zero-order chi connectivity index (χ0) is 25.1. The second-order valence-corrected chi connectivity index (χ2v) is 9.31. The Morgan fingerprint density at radius 3 is 2.49 bits per heavy atom. The van der Waals surface area contributed by atoms with Crippen LogP contribution in [0.25, 0.3) is 5.76 Å². The number of ketones is 1. The predicted molar refractivity (Wildman–Crippen MR) is 126 cm³/mol. The highest BCUT2D eigenvalue weighted by Crippen LogP contribution is 2.38. The molecule has 0 spiro atoms. The summed E-state index contributed by atoms with van der Waals surface area (Å²) in [5, 5.41) is 13.5. The Labute approximate surface area is 204 Å². The van der Waals surface area contributed by atoms with Crippen molar-refractivity contribution in [2.24, 2.45) is 0 Å². The lowest BCUT2D eigenvalue weighted by molar-refractivity contribution is -0.907. The number of carbonyl (C=O) groups is 2. The lowest BCUT2D eigenvalue weighted by Gasteiger charge is -2.30. The molecule has 4 rings (SSSR count). The maximum absolute atomic E-state index is 14.6. The van der Waals surface area contributed by atoms with E-state index in [-0.39, 0.29) is 23.0 Å². The molecular weight excluding hydrogens is 451 g/mol. The van der Waals surface area contributed by atoms with E-state index in [0.717, 1.165) is 24.7 Å². The van der Waals surface area contributed by atoms with E-state index in [1.807, 2.05) is 31.2 Å². The van der Waals surface area contributed by atoms with Gasteiger partial charge in [-0.25, -0.2) is 4.39 Å². The van der Waals surface area contributed by atoms with Gasteiger partial charge in [0, 0.05) is 5.57 Å². The predicted octanol–water partition coefficient (Wildman–Crippen LogP) is 1.06. The summed E-state index contributed by atoms with van der Waals surface area (Å²) in [6, 6.07) is 10.5. The minimum atomic E-state index is -0.833. The SMILES string of the molecule is Cc1ccc(C2/C(=C(\[O-])c3ccc(OC(C)C)c(F)c3)C(=O)C(=O)N2CC[NH+]2CCOCC2)cc1. The molecule has 1 amide bonds. The van der Waals surface area contributed by atoms with Gasteiger partial charge in [0.25, 0.3) is 5.91 Å². The number of hydrogen-bond acceptors (Lipinski definition) is 5. The maximum Gasteiger partial charge on any atom is 0.295 e. The molecule has 1 atom stereocenters. The van der Waals surface area contributed by atoms with Crippen molar-refractivity contribution < 1.29 is 33.5 Å². The third-order valence-corrected chi connectivity index (χ3v) is 6.39. The number of ether oxygens (including phenoxy) is 2. The molecule has 0 aliphatic carbocycles.